The minimum atomic E-state index is -0.467. The molecule has 1 aromatic heterocycles. The second-order valence-corrected chi connectivity index (χ2v) is 9.90. The van der Waals surface area contributed by atoms with Crippen molar-refractivity contribution < 1.29 is 19.5 Å². The van der Waals surface area contributed by atoms with E-state index in [0.29, 0.717) is 49.2 Å². The second-order valence-electron chi connectivity index (χ2n) is 9.90. The fraction of sp³-hybridized carbons (Fsp3) is 0.226. The molecule has 2 heterocycles. The van der Waals surface area contributed by atoms with Gasteiger partial charge in [0.25, 0.3) is 17.4 Å². The molecule has 10 nitrogen and oxygen atoms in total. The maximum Gasteiger partial charge on any atom is 0.272 e. The number of benzene rings is 3. The molecule has 0 unspecified atom stereocenters. The van der Waals surface area contributed by atoms with Crippen LogP contribution in [0.25, 0.3) is 16.8 Å². The van der Waals surface area contributed by atoms with Crippen molar-refractivity contribution >= 4 is 17.7 Å². The van der Waals surface area contributed by atoms with Crippen LogP contribution >= 0.6 is 0 Å². The molecule has 0 aliphatic carbocycles. The molecule has 0 spiro atoms. The number of hydrogen-bond donors (Lipinski definition) is 4. The van der Waals surface area contributed by atoms with Gasteiger partial charge in [-0.2, -0.15) is 0 Å². The van der Waals surface area contributed by atoms with Gasteiger partial charge in [-0.15, -0.1) is 0 Å². The Kier molecular flexibility index (Phi) is 8.28. The molecule has 0 saturated carbocycles. The lowest BCUT2D eigenvalue weighted by Gasteiger charge is -2.22. The zero-order chi connectivity index (χ0) is 28.8. The molecule has 4 N–H and O–H groups in total. The zero-order valence-corrected chi connectivity index (χ0v) is 22.4. The lowest BCUT2D eigenvalue weighted by atomic mass is 9.98. The Morgan fingerprint density at radius 3 is 2.44 bits per heavy atom. The lowest BCUT2D eigenvalue weighted by Crippen LogP contribution is -2.42. The van der Waals surface area contributed by atoms with Gasteiger partial charge in [0.15, 0.2) is 0 Å². The van der Waals surface area contributed by atoms with E-state index in [9.17, 15) is 24.3 Å². The number of hydrogen-bond acceptors (Lipinski definition) is 5. The van der Waals surface area contributed by atoms with Crippen LogP contribution in [0.1, 0.15) is 39.3 Å². The molecule has 0 saturated heterocycles. The Bertz CT molecular complexity index is 1630. The van der Waals surface area contributed by atoms with Gasteiger partial charge in [-0.1, -0.05) is 36.4 Å². The maximum absolute atomic E-state index is 13.4. The quantitative estimate of drug-likeness (QED) is 0.303. The van der Waals surface area contributed by atoms with Gasteiger partial charge in [0.1, 0.15) is 11.4 Å². The Hall–Kier alpha value is -5.12. The standard InChI is InChI=1S/C31H31N5O5/c37-27-12-11-21-13-15-32-28(38)20-35(31(41)26-19-29(39)36(34-26)24-9-2-1-3-10-24)16-5-4-14-33-30(40)23-8-6-7-22(18-23)25(27)17-21/h1-3,6-12,17-19,34,37H,4-5,13-16,20H2,(H,32,38)(H,33,40). The van der Waals surface area contributed by atoms with Gasteiger partial charge in [-0.05, 0) is 66.8 Å². The predicted octanol–water partition coefficient (Wildman–Crippen LogP) is 2.86. The van der Waals surface area contributed by atoms with E-state index < -0.39 is 5.91 Å². The van der Waals surface area contributed by atoms with Crippen LogP contribution in [0.4, 0.5) is 0 Å². The molecule has 5 rings (SSSR count). The third-order valence-electron chi connectivity index (χ3n) is 6.96. The van der Waals surface area contributed by atoms with Gasteiger partial charge >= 0.3 is 0 Å². The number of nitrogens with one attached hydrogen (secondary N) is 3. The Morgan fingerprint density at radius 2 is 1.61 bits per heavy atom. The highest BCUT2D eigenvalue weighted by atomic mass is 16.3. The van der Waals surface area contributed by atoms with E-state index in [-0.39, 0.29) is 41.9 Å². The van der Waals surface area contributed by atoms with Crippen molar-refractivity contribution in [3.8, 4) is 22.6 Å². The number of rotatable bonds is 2. The van der Waals surface area contributed by atoms with E-state index in [1.807, 2.05) is 18.2 Å². The Balaban J connectivity index is 1.36. The third-order valence-corrected chi connectivity index (χ3v) is 6.96. The number of carbonyl (C=O) groups excluding carboxylic acids is 3. The van der Waals surface area contributed by atoms with Crippen molar-refractivity contribution in [2.45, 2.75) is 19.3 Å². The first-order valence-electron chi connectivity index (χ1n) is 13.5. The summed E-state index contributed by atoms with van der Waals surface area (Å²) < 4.78 is 1.28. The monoisotopic (exact) mass is 553 g/mol. The number of aromatic amines is 1. The number of phenols is 1. The van der Waals surface area contributed by atoms with Crippen molar-refractivity contribution in [2.24, 2.45) is 0 Å². The van der Waals surface area contributed by atoms with Gasteiger partial charge in [-0.25, -0.2) is 4.68 Å². The molecule has 0 radical (unpaired) electrons. The average Bonchev–Trinajstić information content (AvgIpc) is 3.38. The number of nitrogens with zero attached hydrogens (tertiary/aromatic N) is 2. The van der Waals surface area contributed by atoms with E-state index in [2.05, 4.69) is 15.7 Å². The topological polar surface area (TPSA) is 137 Å². The third kappa shape index (κ3) is 6.55. The Labute approximate surface area is 236 Å². The molecule has 0 atom stereocenters. The van der Waals surface area contributed by atoms with Crippen molar-refractivity contribution in [3.05, 3.63) is 106 Å². The fourth-order valence-corrected chi connectivity index (χ4v) is 4.80. The van der Waals surface area contributed by atoms with E-state index in [0.717, 1.165) is 11.1 Å². The van der Waals surface area contributed by atoms with Crippen molar-refractivity contribution in [1.82, 2.24) is 25.3 Å². The van der Waals surface area contributed by atoms with Gasteiger partial charge in [-0.3, -0.25) is 24.3 Å². The minimum absolute atomic E-state index is 0.0820. The molecule has 1 aliphatic heterocycles. The summed E-state index contributed by atoms with van der Waals surface area (Å²) in [6.45, 7) is 0.778. The molecule has 3 aromatic carbocycles. The summed E-state index contributed by atoms with van der Waals surface area (Å²) >= 11 is 0. The summed E-state index contributed by atoms with van der Waals surface area (Å²) in [5.41, 5.74) is 2.97. The highest BCUT2D eigenvalue weighted by Gasteiger charge is 2.22. The molecular weight excluding hydrogens is 522 g/mol. The van der Waals surface area contributed by atoms with Crippen LogP contribution < -0.4 is 16.2 Å². The normalized spacial score (nSPS) is 14.9. The molecule has 41 heavy (non-hydrogen) atoms. The van der Waals surface area contributed by atoms with Crippen molar-refractivity contribution in [2.75, 3.05) is 26.2 Å². The predicted molar refractivity (Wildman–Crippen MR) is 154 cm³/mol. The number of aromatic hydroxyl groups is 1. The van der Waals surface area contributed by atoms with Crippen LogP contribution in [0, 0.1) is 0 Å². The maximum atomic E-state index is 13.4. The fourth-order valence-electron chi connectivity index (χ4n) is 4.80. The van der Waals surface area contributed by atoms with Gasteiger partial charge in [0, 0.05) is 36.8 Å². The molecule has 3 amide bonds. The molecule has 1 aliphatic rings. The van der Waals surface area contributed by atoms with E-state index in [1.54, 1.807) is 54.6 Å². The smallest absolute Gasteiger partial charge is 0.272 e. The summed E-state index contributed by atoms with van der Waals surface area (Å²) in [5, 5.41) is 19.1. The van der Waals surface area contributed by atoms with E-state index in [1.165, 1.54) is 15.6 Å². The van der Waals surface area contributed by atoms with Crippen LogP contribution in [0.3, 0.4) is 0 Å². The van der Waals surface area contributed by atoms with Gasteiger partial charge in [0.2, 0.25) is 5.91 Å². The summed E-state index contributed by atoms with van der Waals surface area (Å²) in [4.78, 5) is 53.1. The number of para-hydroxylation sites is 1. The number of aromatic nitrogens is 2. The van der Waals surface area contributed by atoms with Crippen LogP contribution in [-0.4, -0.2) is 63.7 Å². The highest BCUT2D eigenvalue weighted by molar-refractivity contribution is 5.96. The number of H-pyrrole nitrogens is 1. The first kappa shape index (κ1) is 27.4. The second kappa shape index (κ2) is 12.4. The summed E-state index contributed by atoms with van der Waals surface area (Å²) in [7, 11) is 0. The first-order valence-corrected chi connectivity index (χ1v) is 13.5. The number of phenolic OH excluding ortho intramolecular Hbond substituents is 1. The van der Waals surface area contributed by atoms with Crippen molar-refractivity contribution in [1.29, 1.82) is 0 Å². The van der Waals surface area contributed by atoms with Crippen LogP contribution in [0.2, 0.25) is 0 Å². The molecule has 4 aromatic rings. The lowest BCUT2D eigenvalue weighted by molar-refractivity contribution is -0.121. The van der Waals surface area contributed by atoms with Crippen LogP contribution in [-0.2, 0) is 11.2 Å². The average molecular weight is 554 g/mol. The highest BCUT2D eigenvalue weighted by Crippen LogP contribution is 2.30. The van der Waals surface area contributed by atoms with E-state index >= 15 is 0 Å². The molecule has 4 bridgehead atoms. The first-order chi connectivity index (χ1) is 19.9. The van der Waals surface area contributed by atoms with Crippen LogP contribution in [0.5, 0.6) is 5.75 Å². The SMILES string of the molecule is O=C1CN(C(=O)c2cc(=O)n(-c3ccccc3)[nH]2)CCCCNC(=O)c2cccc(c2)-c2cc(ccc2O)CCN1. The summed E-state index contributed by atoms with van der Waals surface area (Å²) in [5.74, 6) is -0.941. The molecule has 210 valence electrons. The van der Waals surface area contributed by atoms with Crippen LogP contribution in [0.15, 0.2) is 83.7 Å². The minimum Gasteiger partial charge on any atom is -0.507 e. The zero-order valence-electron chi connectivity index (χ0n) is 22.4. The largest absolute Gasteiger partial charge is 0.507 e. The molecule has 10 heteroatoms. The van der Waals surface area contributed by atoms with E-state index in [4.69, 9.17) is 0 Å². The van der Waals surface area contributed by atoms with Gasteiger partial charge < -0.3 is 20.6 Å². The summed E-state index contributed by atoms with van der Waals surface area (Å²) in [6, 6.07) is 22.4. The summed E-state index contributed by atoms with van der Waals surface area (Å²) in [6.07, 6.45) is 1.60. The Morgan fingerprint density at radius 1 is 0.805 bits per heavy atom. The number of fused-ring (bicyclic) bond motifs is 5. The molecule has 0 fully saturated rings. The molecular formula is C31H31N5O5. The van der Waals surface area contributed by atoms with Gasteiger partial charge in [0.05, 0.1) is 12.2 Å². The number of carbonyl (C=O) groups is 3. The van der Waals surface area contributed by atoms with Crippen molar-refractivity contribution in [3.63, 3.8) is 0 Å². The number of amides is 3.